The van der Waals surface area contributed by atoms with Crippen molar-refractivity contribution in [2.45, 2.75) is 5.78 Å². The molecule has 2 nitrogen and oxygen atoms in total. The standard InChI is InChI=1S/C34H33NOP2/c36-28-34(38(32-22-12-4-13-23-32)33-24-14-5-15-25-33)35(29-16-6-1-7-17-29)26-27-37(30-18-8-2-9-19-30)31-20-10-3-11-21-31/h1-25,34,36H,26-28H2. The lowest BCUT2D eigenvalue weighted by Crippen LogP contribution is -2.43. The van der Waals surface area contributed by atoms with E-state index in [2.05, 4.69) is 157 Å². The number of aliphatic hydroxyl groups is 1. The van der Waals surface area contributed by atoms with Crippen LogP contribution in [0.4, 0.5) is 5.69 Å². The van der Waals surface area contributed by atoms with E-state index in [0.29, 0.717) is 0 Å². The number of rotatable bonds is 11. The summed E-state index contributed by atoms with van der Waals surface area (Å²) in [6.45, 7) is 0.933. The molecule has 5 aromatic carbocycles. The summed E-state index contributed by atoms with van der Waals surface area (Å²) in [5.74, 6) is -0.0550. The van der Waals surface area contributed by atoms with Crippen molar-refractivity contribution in [2.75, 3.05) is 24.2 Å². The van der Waals surface area contributed by atoms with Crippen LogP contribution >= 0.6 is 15.8 Å². The van der Waals surface area contributed by atoms with Crippen molar-refractivity contribution < 1.29 is 5.11 Å². The maximum absolute atomic E-state index is 11.0. The number of anilines is 1. The largest absolute Gasteiger partial charge is 0.394 e. The number of hydrogen-bond acceptors (Lipinski definition) is 2. The molecule has 190 valence electrons. The van der Waals surface area contributed by atoms with E-state index in [1.807, 2.05) is 0 Å². The summed E-state index contributed by atoms with van der Waals surface area (Å²) in [6, 6.07) is 53.8. The molecule has 0 saturated heterocycles. The number of benzene rings is 5. The van der Waals surface area contributed by atoms with Gasteiger partial charge in [0, 0.05) is 12.2 Å². The summed E-state index contributed by atoms with van der Waals surface area (Å²) in [7, 11) is -1.38. The molecule has 0 aromatic heterocycles. The van der Waals surface area contributed by atoms with Gasteiger partial charge in [-0.2, -0.15) is 0 Å². The Hall–Kier alpha value is -3.28. The lowest BCUT2D eigenvalue weighted by atomic mass is 10.3. The summed E-state index contributed by atoms with van der Waals surface area (Å²) < 4.78 is 0. The molecular weight excluding hydrogens is 500 g/mol. The zero-order chi connectivity index (χ0) is 26.0. The van der Waals surface area contributed by atoms with E-state index in [-0.39, 0.29) is 12.4 Å². The maximum Gasteiger partial charge on any atom is 0.0800 e. The second-order valence-electron chi connectivity index (χ2n) is 9.06. The molecule has 0 bridgehead atoms. The number of aliphatic hydroxyl groups excluding tert-OH is 1. The Morgan fingerprint density at radius 1 is 0.500 bits per heavy atom. The van der Waals surface area contributed by atoms with E-state index in [9.17, 15) is 5.11 Å². The predicted octanol–water partition coefficient (Wildman–Crippen LogP) is 6.08. The Bertz CT molecular complexity index is 1270. The second-order valence-corrected chi connectivity index (χ2v) is 13.8. The van der Waals surface area contributed by atoms with Crippen LogP contribution in [-0.2, 0) is 0 Å². The van der Waals surface area contributed by atoms with Crippen LogP contribution in [0, 0.1) is 0 Å². The normalized spacial score (nSPS) is 12.0. The fourth-order valence-corrected chi connectivity index (χ4v) is 9.85. The van der Waals surface area contributed by atoms with Gasteiger partial charge in [0.05, 0.1) is 12.4 Å². The smallest absolute Gasteiger partial charge is 0.0800 e. The summed E-state index contributed by atoms with van der Waals surface area (Å²) in [4.78, 5) is 2.47. The molecule has 0 amide bonds. The minimum atomic E-state index is -0.834. The third kappa shape index (κ3) is 6.40. The quantitative estimate of drug-likeness (QED) is 0.208. The molecule has 1 N–H and O–H groups in total. The highest BCUT2D eigenvalue weighted by molar-refractivity contribution is 7.74. The van der Waals surface area contributed by atoms with E-state index in [0.717, 1.165) is 18.4 Å². The zero-order valence-corrected chi connectivity index (χ0v) is 23.2. The van der Waals surface area contributed by atoms with Crippen LogP contribution in [0.3, 0.4) is 0 Å². The molecule has 0 spiro atoms. The monoisotopic (exact) mass is 533 g/mol. The van der Waals surface area contributed by atoms with Crippen molar-refractivity contribution in [1.29, 1.82) is 0 Å². The van der Waals surface area contributed by atoms with Crippen molar-refractivity contribution >= 4 is 42.7 Å². The fourth-order valence-electron chi connectivity index (χ4n) is 4.89. The third-order valence-electron chi connectivity index (χ3n) is 6.68. The first-order valence-electron chi connectivity index (χ1n) is 13.0. The van der Waals surface area contributed by atoms with Crippen LogP contribution in [0.2, 0.25) is 0 Å². The Kier molecular flexibility index (Phi) is 9.35. The van der Waals surface area contributed by atoms with Crippen molar-refractivity contribution in [1.82, 2.24) is 0 Å². The molecule has 0 fully saturated rings. The highest BCUT2D eigenvalue weighted by atomic mass is 31.1. The van der Waals surface area contributed by atoms with Gasteiger partial charge < -0.3 is 10.0 Å². The van der Waals surface area contributed by atoms with Crippen molar-refractivity contribution in [3.8, 4) is 0 Å². The van der Waals surface area contributed by atoms with Gasteiger partial charge in [-0.1, -0.05) is 140 Å². The highest BCUT2D eigenvalue weighted by Gasteiger charge is 2.30. The van der Waals surface area contributed by atoms with E-state index in [1.165, 1.54) is 21.2 Å². The predicted molar refractivity (Wildman–Crippen MR) is 168 cm³/mol. The summed E-state index contributed by atoms with van der Waals surface area (Å²) >= 11 is 0. The van der Waals surface area contributed by atoms with Crippen LogP contribution < -0.4 is 26.1 Å². The maximum atomic E-state index is 11.0. The van der Waals surface area contributed by atoms with Crippen LogP contribution in [0.1, 0.15) is 0 Å². The average Bonchev–Trinajstić information content (AvgIpc) is 3.01. The van der Waals surface area contributed by atoms with Gasteiger partial charge in [0.25, 0.3) is 0 Å². The number of hydrogen-bond donors (Lipinski definition) is 1. The fraction of sp³-hybridized carbons (Fsp3) is 0.118. The zero-order valence-electron chi connectivity index (χ0n) is 21.4. The molecule has 0 aliphatic heterocycles. The van der Waals surface area contributed by atoms with Crippen LogP contribution in [0.15, 0.2) is 152 Å². The first-order chi connectivity index (χ1) is 18.8. The molecule has 0 saturated carbocycles. The Morgan fingerprint density at radius 2 is 0.868 bits per heavy atom. The van der Waals surface area contributed by atoms with Gasteiger partial charge >= 0.3 is 0 Å². The van der Waals surface area contributed by atoms with Gasteiger partial charge in [-0.3, -0.25) is 0 Å². The molecule has 0 aliphatic rings. The molecule has 0 heterocycles. The molecule has 1 unspecified atom stereocenters. The molecule has 38 heavy (non-hydrogen) atoms. The molecule has 1 atom stereocenters. The molecular formula is C34H33NOP2. The van der Waals surface area contributed by atoms with E-state index in [1.54, 1.807) is 0 Å². The highest BCUT2D eigenvalue weighted by Crippen LogP contribution is 2.43. The molecule has 4 heteroatoms. The number of nitrogens with zero attached hydrogens (tertiary/aromatic N) is 1. The second kappa shape index (κ2) is 13.5. The molecule has 0 radical (unpaired) electrons. The summed E-state index contributed by atoms with van der Waals surface area (Å²) in [5.41, 5.74) is 1.15. The first-order valence-corrected chi connectivity index (χ1v) is 16.0. The van der Waals surface area contributed by atoms with E-state index < -0.39 is 15.8 Å². The topological polar surface area (TPSA) is 23.5 Å². The van der Waals surface area contributed by atoms with Gasteiger partial charge in [-0.05, 0) is 55.4 Å². The third-order valence-corrected chi connectivity index (χ3v) is 11.9. The summed E-state index contributed by atoms with van der Waals surface area (Å²) in [5, 5.41) is 16.4. The van der Waals surface area contributed by atoms with Gasteiger partial charge in [0.1, 0.15) is 0 Å². The number of para-hydroxylation sites is 1. The molecule has 5 aromatic rings. The molecule has 5 rings (SSSR count). The Morgan fingerprint density at radius 3 is 1.26 bits per heavy atom. The van der Waals surface area contributed by atoms with Gasteiger partial charge in [-0.15, -0.1) is 0 Å². The Balaban J connectivity index is 1.54. The van der Waals surface area contributed by atoms with Crippen LogP contribution in [0.5, 0.6) is 0 Å². The van der Waals surface area contributed by atoms with E-state index in [4.69, 9.17) is 0 Å². The lowest BCUT2D eigenvalue weighted by molar-refractivity contribution is 0.291. The summed E-state index contributed by atoms with van der Waals surface area (Å²) in [6.07, 6.45) is 1.00. The van der Waals surface area contributed by atoms with Crippen molar-refractivity contribution in [3.05, 3.63) is 152 Å². The van der Waals surface area contributed by atoms with Gasteiger partial charge in [0.15, 0.2) is 0 Å². The SMILES string of the molecule is OCC(N(CCP(c1ccccc1)c1ccccc1)c1ccccc1)P(c1ccccc1)c1ccccc1. The Labute approximate surface area is 229 Å². The average molecular weight is 534 g/mol. The van der Waals surface area contributed by atoms with Crippen molar-refractivity contribution in [3.63, 3.8) is 0 Å². The van der Waals surface area contributed by atoms with Gasteiger partial charge in [0.2, 0.25) is 0 Å². The van der Waals surface area contributed by atoms with Crippen molar-refractivity contribution in [2.24, 2.45) is 0 Å². The van der Waals surface area contributed by atoms with Crippen LogP contribution in [-0.4, -0.2) is 30.2 Å². The molecule has 0 aliphatic carbocycles. The minimum Gasteiger partial charge on any atom is -0.394 e. The van der Waals surface area contributed by atoms with Crippen LogP contribution in [0.25, 0.3) is 0 Å². The lowest BCUT2D eigenvalue weighted by Gasteiger charge is -2.39. The minimum absolute atomic E-state index is 0.0550. The van der Waals surface area contributed by atoms with E-state index >= 15 is 0 Å². The van der Waals surface area contributed by atoms with Gasteiger partial charge in [-0.25, -0.2) is 0 Å². The first kappa shape index (κ1) is 26.3.